The normalized spacial score (nSPS) is 12.1. The van der Waals surface area contributed by atoms with E-state index in [-0.39, 0.29) is 0 Å². The van der Waals surface area contributed by atoms with Crippen LogP contribution in [0.25, 0.3) is 0 Å². The van der Waals surface area contributed by atoms with E-state index in [0.29, 0.717) is 10.0 Å². The Bertz CT molecular complexity index is 519. The molecule has 0 atom stereocenters. The Morgan fingerprint density at radius 2 is 1.31 bits per heavy atom. The number of hydrogen-bond acceptors (Lipinski definition) is 2. The van der Waals surface area contributed by atoms with E-state index in [4.69, 9.17) is 27.9 Å². The van der Waals surface area contributed by atoms with Crippen molar-refractivity contribution in [3.63, 3.8) is 0 Å². The third-order valence-electron chi connectivity index (χ3n) is 2.37. The average molecular weight is 252 g/mol. The molecular formula is C12H7Cl2NO. The molecule has 0 spiro atoms. The maximum Gasteiger partial charge on any atom is 0.151 e. The van der Waals surface area contributed by atoms with Gasteiger partial charge in [0.25, 0.3) is 0 Å². The summed E-state index contributed by atoms with van der Waals surface area (Å²) in [6.07, 6.45) is 0. The summed E-state index contributed by atoms with van der Waals surface area (Å²) in [5, 5.41) is 4.56. The Labute approximate surface area is 103 Å². The Morgan fingerprint density at radius 3 is 1.81 bits per heavy atom. The van der Waals surface area contributed by atoms with Crippen LogP contribution in [0.3, 0.4) is 0 Å². The monoisotopic (exact) mass is 251 g/mol. The van der Waals surface area contributed by atoms with Crippen molar-refractivity contribution in [2.75, 3.05) is 5.32 Å². The standard InChI is InChI=1S/C12H7Cl2NO/c13-7-1-3-11-9(5-7)15-10-6-8(14)2-4-12(10)16-11/h1-6,15H. The number of hydrogen-bond donors (Lipinski definition) is 1. The molecule has 0 saturated carbocycles. The van der Waals surface area contributed by atoms with Gasteiger partial charge in [0.2, 0.25) is 0 Å². The molecule has 0 unspecified atom stereocenters. The van der Waals surface area contributed by atoms with Gasteiger partial charge in [-0.1, -0.05) is 23.2 Å². The van der Waals surface area contributed by atoms with Crippen LogP contribution in [-0.2, 0) is 0 Å². The molecular weight excluding hydrogens is 245 g/mol. The number of fused-ring (bicyclic) bond motifs is 2. The number of ether oxygens (including phenoxy) is 1. The van der Waals surface area contributed by atoms with Crippen molar-refractivity contribution in [3.05, 3.63) is 46.4 Å². The average Bonchev–Trinajstić information content (AvgIpc) is 2.26. The largest absolute Gasteiger partial charge is 0.453 e. The highest BCUT2D eigenvalue weighted by atomic mass is 35.5. The van der Waals surface area contributed by atoms with Crippen molar-refractivity contribution in [2.24, 2.45) is 0 Å². The summed E-state index contributed by atoms with van der Waals surface area (Å²) >= 11 is 11.8. The molecule has 0 aliphatic carbocycles. The molecule has 80 valence electrons. The van der Waals surface area contributed by atoms with Crippen LogP contribution in [0.4, 0.5) is 11.4 Å². The van der Waals surface area contributed by atoms with Gasteiger partial charge in [-0.25, -0.2) is 0 Å². The summed E-state index contributed by atoms with van der Waals surface area (Å²) in [4.78, 5) is 0. The first-order valence-electron chi connectivity index (χ1n) is 4.76. The van der Waals surface area contributed by atoms with Crippen molar-refractivity contribution >= 4 is 34.6 Å². The SMILES string of the molecule is Clc1ccc2c(c1)Nc1cc(Cl)ccc1O2. The predicted octanol–water partition coefficient (Wildman–Crippen LogP) is 4.84. The topological polar surface area (TPSA) is 21.3 Å². The third kappa shape index (κ3) is 1.60. The van der Waals surface area contributed by atoms with Crippen LogP contribution >= 0.6 is 23.2 Å². The van der Waals surface area contributed by atoms with Crippen LogP contribution in [0, 0.1) is 0 Å². The first-order chi connectivity index (χ1) is 7.72. The van der Waals surface area contributed by atoms with Gasteiger partial charge in [0.05, 0.1) is 11.4 Å². The van der Waals surface area contributed by atoms with Gasteiger partial charge in [-0.2, -0.15) is 0 Å². The van der Waals surface area contributed by atoms with Crippen LogP contribution in [-0.4, -0.2) is 0 Å². The quantitative estimate of drug-likeness (QED) is 0.617. The summed E-state index contributed by atoms with van der Waals surface area (Å²) in [6, 6.07) is 10.9. The lowest BCUT2D eigenvalue weighted by Crippen LogP contribution is -2.02. The van der Waals surface area contributed by atoms with Gasteiger partial charge in [0.15, 0.2) is 11.5 Å². The van der Waals surface area contributed by atoms with Crippen LogP contribution in [0.2, 0.25) is 10.0 Å². The molecule has 3 rings (SSSR count). The van der Waals surface area contributed by atoms with E-state index in [1.807, 2.05) is 24.3 Å². The van der Waals surface area contributed by atoms with E-state index in [9.17, 15) is 0 Å². The molecule has 0 aromatic heterocycles. The fraction of sp³-hybridized carbons (Fsp3) is 0. The minimum atomic E-state index is 0.667. The molecule has 16 heavy (non-hydrogen) atoms. The Hall–Kier alpha value is -1.38. The first kappa shape index (κ1) is 9.82. The van der Waals surface area contributed by atoms with Gasteiger partial charge < -0.3 is 10.1 Å². The molecule has 1 heterocycles. The molecule has 2 nitrogen and oxygen atoms in total. The summed E-state index contributed by atoms with van der Waals surface area (Å²) in [7, 11) is 0. The fourth-order valence-electron chi connectivity index (χ4n) is 1.64. The van der Waals surface area contributed by atoms with Crippen molar-refractivity contribution in [2.45, 2.75) is 0 Å². The molecule has 1 aliphatic heterocycles. The Kier molecular flexibility index (Phi) is 2.20. The fourth-order valence-corrected chi connectivity index (χ4v) is 1.99. The molecule has 0 amide bonds. The summed E-state index contributed by atoms with van der Waals surface area (Å²) in [5.41, 5.74) is 1.70. The van der Waals surface area contributed by atoms with Gasteiger partial charge in [0, 0.05) is 10.0 Å². The number of benzene rings is 2. The zero-order valence-corrected chi connectivity index (χ0v) is 9.64. The minimum Gasteiger partial charge on any atom is -0.453 e. The van der Waals surface area contributed by atoms with Gasteiger partial charge in [-0.05, 0) is 36.4 Å². The second-order valence-electron chi connectivity index (χ2n) is 3.51. The minimum absolute atomic E-state index is 0.667. The van der Waals surface area contributed by atoms with Crippen molar-refractivity contribution in [3.8, 4) is 11.5 Å². The number of rotatable bonds is 0. The molecule has 2 aromatic rings. The maximum atomic E-state index is 5.91. The smallest absolute Gasteiger partial charge is 0.151 e. The Balaban J connectivity index is 2.10. The molecule has 0 radical (unpaired) electrons. The predicted molar refractivity (Wildman–Crippen MR) is 66.3 cm³/mol. The van der Waals surface area contributed by atoms with Gasteiger partial charge >= 0.3 is 0 Å². The highest BCUT2D eigenvalue weighted by Crippen LogP contribution is 2.43. The lowest BCUT2D eigenvalue weighted by atomic mass is 10.2. The summed E-state index contributed by atoms with van der Waals surface area (Å²) in [5.74, 6) is 1.53. The van der Waals surface area contributed by atoms with Gasteiger partial charge in [-0.3, -0.25) is 0 Å². The van der Waals surface area contributed by atoms with Crippen LogP contribution < -0.4 is 10.1 Å². The van der Waals surface area contributed by atoms with E-state index in [1.165, 1.54) is 0 Å². The van der Waals surface area contributed by atoms with Crippen molar-refractivity contribution in [1.29, 1.82) is 0 Å². The summed E-state index contributed by atoms with van der Waals surface area (Å²) in [6.45, 7) is 0. The highest BCUT2D eigenvalue weighted by molar-refractivity contribution is 6.31. The van der Waals surface area contributed by atoms with E-state index in [1.54, 1.807) is 12.1 Å². The maximum absolute atomic E-state index is 5.91. The molecule has 2 aromatic carbocycles. The third-order valence-corrected chi connectivity index (χ3v) is 2.84. The van der Waals surface area contributed by atoms with Gasteiger partial charge in [-0.15, -0.1) is 0 Å². The van der Waals surface area contributed by atoms with E-state index in [0.717, 1.165) is 22.9 Å². The molecule has 1 N–H and O–H groups in total. The molecule has 4 heteroatoms. The molecule has 0 saturated heterocycles. The molecule has 0 bridgehead atoms. The number of halogens is 2. The van der Waals surface area contributed by atoms with E-state index < -0.39 is 0 Å². The Morgan fingerprint density at radius 1 is 0.812 bits per heavy atom. The lowest BCUT2D eigenvalue weighted by Gasteiger charge is -2.21. The van der Waals surface area contributed by atoms with Crippen molar-refractivity contribution in [1.82, 2.24) is 0 Å². The zero-order valence-electron chi connectivity index (χ0n) is 8.13. The number of anilines is 2. The summed E-state index contributed by atoms with van der Waals surface area (Å²) < 4.78 is 5.71. The van der Waals surface area contributed by atoms with E-state index in [2.05, 4.69) is 5.32 Å². The van der Waals surface area contributed by atoms with Crippen molar-refractivity contribution < 1.29 is 4.74 Å². The van der Waals surface area contributed by atoms with Crippen LogP contribution in [0.15, 0.2) is 36.4 Å². The highest BCUT2D eigenvalue weighted by Gasteiger charge is 2.16. The second-order valence-corrected chi connectivity index (χ2v) is 4.38. The zero-order chi connectivity index (χ0) is 11.1. The molecule has 0 fully saturated rings. The van der Waals surface area contributed by atoms with Crippen LogP contribution in [0.1, 0.15) is 0 Å². The van der Waals surface area contributed by atoms with Gasteiger partial charge in [0.1, 0.15) is 0 Å². The lowest BCUT2D eigenvalue weighted by molar-refractivity contribution is 0.481. The van der Waals surface area contributed by atoms with E-state index >= 15 is 0 Å². The first-order valence-corrected chi connectivity index (χ1v) is 5.52. The molecule has 1 aliphatic rings. The second kappa shape index (κ2) is 3.58. The number of nitrogens with one attached hydrogen (secondary N) is 1. The van der Waals surface area contributed by atoms with Crippen LogP contribution in [0.5, 0.6) is 11.5 Å².